The van der Waals surface area contributed by atoms with Gasteiger partial charge in [0.1, 0.15) is 12.4 Å². The number of aliphatic hydroxyl groups is 1. The van der Waals surface area contributed by atoms with E-state index < -0.39 is 6.10 Å². The average Bonchev–Trinajstić information content (AvgIpc) is 2.97. The Morgan fingerprint density at radius 3 is 2.52 bits per heavy atom. The molecule has 0 spiro atoms. The van der Waals surface area contributed by atoms with Gasteiger partial charge in [-0.05, 0) is 49.1 Å². The van der Waals surface area contributed by atoms with Gasteiger partial charge < -0.3 is 20.3 Å². The average molecular weight is 573 g/mol. The van der Waals surface area contributed by atoms with Gasteiger partial charge >= 0.3 is 0 Å². The molecule has 0 aliphatic rings. The number of aryl methyl sites for hydroxylation is 1. The number of thioether (sulfide) groups is 1. The number of benzene rings is 1. The lowest BCUT2D eigenvalue weighted by molar-refractivity contribution is 0.181. The monoisotopic (exact) mass is 572 g/mol. The van der Waals surface area contributed by atoms with Crippen LogP contribution in [0.5, 0.6) is 0 Å². The van der Waals surface area contributed by atoms with Gasteiger partial charge in [0.05, 0.1) is 6.10 Å². The molecule has 1 aromatic carbocycles. The maximum atomic E-state index is 10.5. The number of aromatic nitrogens is 3. The van der Waals surface area contributed by atoms with Gasteiger partial charge in [0.2, 0.25) is 0 Å². The Balaban J connectivity index is 0.00000420. The summed E-state index contributed by atoms with van der Waals surface area (Å²) in [4.78, 5) is 4.57. The fourth-order valence-corrected chi connectivity index (χ4v) is 3.39. The third-order valence-corrected chi connectivity index (χ3v) is 5.24. The SMILES string of the molecule is CSCCCNC(=NCc1nnc(C)n1C)NCC(O)c1cc(Cl)cc(Cl)c1.I. The zero-order valence-electron chi connectivity index (χ0n) is 16.7. The van der Waals surface area contributed by atoms with E-state index in [9.17, 15) is 5.11 Å². The summed E-state index contributed by atoms with van der Waals surface area (Å²) in [6.07, 6.45) is 2.32. The van der Waals surface area contributed by atoms with Crippen molar-refractivity contribution < 1.29 is 5.11 Å². The number of guanidine groups is 1. The number of hydrogen-bond acceptors (Lipinski definition) is 5. The number of aliphatic imine (C=N–C) groups is 1. The third kappa shape index (κ3) is 8.87. The second-order valence-electron chi connectivity index (χ2n) is 6.26. The highest BCUT2D eigenvalue weighted by Gasteiger charge is 2.11. The van der Waals surface area contributed by atoms with Crippen LogP contribution in [0.15, 0.2) is 23.2 Å². The van der Waals surface area contributed by atoms with Crippen molar-refractivity contribution in [3.05, 3.63) is 45.5 Å². The van der Waals surface area contributed by atoms with Crippen molar-refractivity contribution in [2.24, 2.45) is 12.0 Å². The van der Waals surface area contributed by atoms with E-state index in [2.05, 4.69) is 32.1 Å². The minimum absolute atomic E-state index is 0. The fourth-order valence-electron chi connectivity index (χ4n) is 2.41. The summed E-state index contributed by atoms with van der Waals surface area (Å²) in [5, 5.41) is 26.1. The van der Waals surface area contributed by atoms with Gasteiger partial charge in [-0.3, -0.25) is 0 Å². The molecule has 29 heavy (non-hydrogen) atoms. The van der Waals surface area contributed by atoms with Crippen LogP contribution < -0.4 is 10.6 Å². The van der Waals surface area contributed by atoms with Gasteiger partial charge in [-0.2, -0.15) is 11.8 Å². The van der Waals surface area contributed by atoms with E-state index in [4.69, 9.17) is 23.2 Å². The number of halogens is 3. The highest BCUT2D eigenvalue weighted by molar-refractivity contribution is 14.0. The Morgan fingerprint density at radius 1 is 1.24 bits per heavy atom. The summed E-state index contributed by atoms with van der Waals surface area (Å²) in [6.45, 7) is 3.33. The largest absolute Gasteiger partial charge is 0.387 e. The maximum absolute atomic E-state index is 10.5. The van der Waals surface area contributed by atoms with Crippen molar-refractivity contribution in [2.75, 3.05) is 25.1 Å². The van der Waals surface area contributed by atoms with E-state index in [1.807, 2.05) is 18.5 Å². The Morgan fingerprint density at radius 2 is 1.93 bits per heavy atom. The highest BCUT2D eigenvalue weighted by Crippen LogP contribution is 2.23. The molecule has 1 heterocycles. The van der Waals surface area contributed by atoms with Gasteiger partial charge in [0, 0.05) is 30.2 Å². The van der Waals surface area contributed by atoms with Crippen LogP contribution in [0.4, 0.5) is 0 Å². The third-order valence-electron chi connectivity index (χ3n) is 4.11. The lowest BCUT2D eigenvalue weighted by atomic mass is 10.1. The number of nitrogens with zero attached hydrogens (tertiary/aromatic N) is 4. The molecule has 0 amide bonds. The summed E-state index contributed by atoms with van der Waals surface area (Å²) in [6, 6.07) is 5.03. The Labute approximate surface area is 203 Å². The van der Waals surface area contributed by atoms with Crippen molar-refractivity contribution in [3.8, 4) is 0 Å². The summed E-state index contributed by atoms with van der Waals surface area (Å²) < 4.78 is 1.90. The zero-order valence-corrected chi connectivity index (χ0v) is 21.3. The minimum atomic E-state index is -0.772. The molecule has 3 N–H and O–H groups in total. The lowest BCUT2D eigenvalue weighted by Crippen LogP contribution is -2.40. The smallest absolute Gasteiger partial charge is 0.191 e. The highest BCUT2D eigenvalue weighted by atomic mass is 127. The van der Waals surface area contributed by atoms with E-state index in [1.54, 1.807) is 30.0 Å². The Bertz CT molecular complexity index is 784. The Hall–Kier alpha value is -0.750. The molecule has 0 saturated carbocycles. The first-order valence-corrected chi connectivity index (χ1v) is 11.1. The summed E-state index contributed by atoms with van der Waals surface area (Å²) in [5.74, 6) is 3.27. The van der Waals surface area contributed by atoms with Crippen molar-refractivity contribution in [1.29, 1.82) is 0 Å². The first-order chi connectivity index (χ1) is 13.4. The van der Waals surface area contributed by atoms with Gasteiger partial charge in [-0.25, -0.2) is 4.99 Å². The van der Waals surface area contributed by atoms with Crippen molar-refractivity contribution in [2.45, 2.75) is 26.0 Å². The van der Waals surface area contributed by atoms with E-state index in [0.29, 0.717) is 28.1 Å². The number of rotatable bonds is 9. The van der Waals surface area contributed by atoms with E-state index in [-0.39, 0.29) is 30.5 Å². The fraction of sp³-hybridized carbons (Fsp3) is 0.500. The molecule has 0 saturated heterocycles. The predicted octanol–water partition coefficient (Wildman–Crippen LogP) is 3.57. The second-order valence-corrected chi connectivity index (χ2v) is 8.12. The predicted molar refractivity (Wildman–Crippen MR) is 133 cm³/mol. The quantitative estimate of drug-likeness (QED) is 0.184. The molecular weight excluding hydrogens is 546 g/mol. The van der Waals surface area contributed by atoms with Gasteiger partial charge in [-0.1, -0.05) is 23.2 Å². The van der Waals surface area contributed by atoms with Crippen LogP contribution in [0, 0.1) is 6.92 Å². The number of nitrogens with one attached hydrogen (secondary N) is 2. The maximum Gasteiger partial charge on any atom is 0.191 e. The first kappa shape index (κ1) is 26.3. The van der Waals surface area contributed by atoms with Crippen LogP contribution >= 0.6 is 58.9 Å². The summed E-state index contributed by atoms with van der Waals surface area (Å²) >= 11 is 13.8. The van der Waals surface area contributed by atoms with Crippen LogP contribution in [0.2, 0.25) is 10.0 Å². The van der Waals surface area contributed by atoms with Crippen LogP contribution in [-0.2, 0) is 13.6 Å². The van der Waals surface area contributed by atoms with Crippen molar-refractivity contribution >= 4 is 64.9 Å². The minimum Gasteiger partial charge on any atom is -0.387 e. The molecule has 0 aliphatic heterocycles. The molecule has 0 radical (unpaired) electrons. The molecule has 1 atom stereocenters. The van der Waals surface area contributed by atoms with Crippen LogP contribution in [0.25, 0.3) is 0 Å². The van der Waals surface area contributed by atoms with Gasteiger partial charge in [-0.15, -0.1) is 34.2 Å². The lowest BCUT2D eigenvalue weighted by Gasteiger charge is -2.16. The molecule has 0 fully saturated rings. The van der Waals surface area contributed by atoms with E-state index in [1.165, 1.54) is 0 Å². The molecule has 7 nitrogen and oxygen atoms in total. The summed E-state index contributed by atoms with van der Waals surface area (Å²) in [7, 11) is 1.91. The molecule has 162 valence electrons. The van der Waals surface area contributed by atoms with Crippen LogP contribution in [0.3, 0.4) is 0 Å². The summed E-state index contributed by atoms with van der Waals surface area (Å²) in [5.41, 5.74) is 0.649. The molecular formula is C18H27Cl2IN6OS. The number of aliphatic hydroxyl groups excluding tert-OH is 1. The second kappa shape index (κ2) is 13.5. The van der Waals surface area contributed by atoms with Crippen LogP contribution in [-0.4, -0.2) is 50.9 Å². The number of hydrogen-bond donors (Lipinski definition) is 3. The molecule has 11 heteroatoms. The van der Waals surface area contributed by atoms with Crippen molar-refractivity contribution in [1.82, 2.24) is 25.4 Å². The molecule has 0 aliphatic carbocycles. The standard InChI is InChI=1S/C18H26Cl2N6OS.HI/c1-12-24-25-17(26(12)2)11-23-18(21-5-4-6-28-3)22-10-16(27)13-7-14(19)9-15(20)8-13;/h7-9,16,27H,4-6,10-11H2,1-3H3,(H2,21,22,23);1H. The van der Waals surface area contributed by atoms with Crippen LogP contribution in [0.1, 0.15) is 29.7 Å². The van der Waals surface area contributed by atoms with Crippen molar-refractivity contribution in [3.63, 3.8) is 0 Å². The normalized spacial score (nSPS) is 12.4. The van der Waals surface area contributed by atoms with E-state index >= 15 is 0 Å². The topological polar surface area (TPSA) is 87.4 Å². The molecule has 2 aromatic rings. The van der Waals surface area contributed by atoms with E-state index in [0.717, 1.165) is 30.4 Å². The Kier molecular flexibility index (Phi) is 12.3. The van der Waals surface area contributed by atoms with Gasteiger partial charge in [0.25, 0.3) is 0 Å². The molecule has 1 unspecified atom stereocenters. The molecule has 0 bridgehead atoms. The zero-order chi connectivity index (χ0) is 20.5. The first-order valence-electron chi connectivity index (χ1n) is 8.90. The molecule has 1 aromatic heterocycles. The van der Waals surface area contributed by atoms with Gasteiger partial charge in [0.15, 0.2) is 11.8 Å². The molecule has 2 rings (SSSR count).